The van der Waals surface area contributed by atoms with Crippen LogP contribution in [0.25, 0.3) is 16.7 Å². The Bertz CT molecular complexity index is 1060. The molecular formula is C16H15ClN4O3S. The lowest BCUT2D eigenvalue weighted by Gasteiger charge is -2.15. The zero-order chi connectivity index (χ0) is 18.1. The minimum atomic E-state index is -0.603. The van der Waals surface area contributed by atoms with E-state index >= 15 is 0 Å². The molecule has 0 aliphatic rings. The highest BCUT2D eigenvalue weighted by Crippen LogP contribution is 2.22. The quantitative estimate of drug-likeness (QED) is 0.548. The number of nitrogens with zero attached hydrogens (tertiary/aromatic N) is 4. The van der Waals surface area contributed by atoms with E-state index in [0.717, 1.165) is 4.57 Å². The molecule has 3 aromatic rings. The van der Waals surface area contributed by atoms with Gasteiger partial charge >= 0.3 is 5.69 Å². The van der Waals surface area contributed by atoms with E-state index in [0.29, 0.717) is 16.4 Å². The van der Waals surface area contributed by atoms with Crippen molar-refractivity contribution in [2.24, 2.45) is 0 Å². The van der Waals surface area contributed by atoms with Crippen molar-refractivity contribution in [1.29, 1.82) is 0 Å². The van der Waals surface area contributed by atoms with Gasteiger partial charge in [0.1, 0.15) is 5.39 Å². The number of aliphatic hydroxyl groups excluding tert-OH is 1. The fraction of sp³-hybridized carbons (Fsp3) is 0.250. The van der Waals surface area contributed by atoms with Gasteiger partial charge in [0.05, 0.1) is 23.9 Å². The molecule has 0 unspecified atom stereocenters. The van der Waals surface area contributed by atoms with Crippen LogP contribution in [-0.2, 0) is 6.54 Å². The molecule has 2 aromatic heterocycles. The summed E-state index contributed by atoms with van der Waals surface area (Å²) in [5, 5.41) is 10.3. The van der Waals surface area contributed by atoms with E-state index < -0.39 is 11.2 Å². The van der Waals surface area contributed by atoms with Gasteiger partial charge in [-0.05, 0) is 24.8 Å². The highest BCUT2D eigenvalue weighted by Gasteiger charge is 2.19. The second kappa shape index (κ2) is 6.99. The lowest BCUT2D eigenvalue weighted by atomic mass is 10.2. The number of aliphatic hydroxyl groups is 1. The van der Waals surface area contributed by atoms with Crippen LogP contribution in [0.15, 0.2) is 39.1 Å². The Labute approximate surface area is 151 Å². The highest BCUT2D eigenvalue weighted by molar-refractivity contribution is 7.98. The third-order valence-corrected chi connectivity index (χ3v) is 4.64. The maximum Gasteiger partial charge on any atom is 0.337 e. The van der Waals surface area contributed by atoms with Gasteiger partial charge in [-0.3, -0.25) is 9.36 Å². The smallest absolute Gasteiger partial charge is 0.337 e. The summed E-state index contributed by atoms with van der Waals surface area (Å²) < 4.78 is 2.28. The Balaban J connectivity index is 2.50. The number of benzene rings is 1. The molecule has 130 valence electrons. The molecule has 0 saturated carbocycles. The summed E-state index contributed by atoms with van der Waals surface area (Å²) in [5.41, 5.74) is 0.0563. The molecule has 0 amide bonds. The van der Waals surface area contributed by atoms with E-state index in [1.54, 1.807) is 31.4 Å². The average molecular weight is 379 g/mol. The molecule has 0 spiro atoms. The summed E-state index contributed by atoms with van der Waals surface area (Å²) in [7, 11) is 0. The molecule has 0 aliphatic heterocycles. The Morgan fingerprint density at radius 1 is 1.32 bits per heavy atom. The van der Waals surface area contributed by atoms with Crippen molar-refractivity contribution < 1.29 is 5.11 Å². The first-order valence-electron chi connectivity index (χ1n) is 7.42. The molecule has 7 nitrogen and oxygen atoms in total. The standard InChI is InChI=1S/C16H15ClN4O3S/c1-9-4-3-5-11(17)12(9)21-14(23)10-8-18-15(25-2)19-13(10)20(6-7-22)16(21)24/h3-5,8,22H,6-7H2,1-2H3. The average Bonchev–Trinajstić information content (AvgIpc) is 2.60. The van der Waals surface area contributed by atoms with Crippen LogP contribution >= 0.6 is 23.4 Å². The molecule has 1 aromatic carbocycles. The molecule has 0 atom stereocenters. The number of halogens is 1. The lowest BCUT2D eigenvalue weighted by molar-refractivity contribution is 0.274. The molecule has 3 rings (SSSR count). The van der Waals surface area contributed by atoms with Crippen molar-refractivity contribution in [3.05, 3.63) is 55.8 Å². The van der Waals surface area contributed by atoms with Crippen molar-refractivity contribution >= 4 is 34.4 Å². The largest absolute Gasteiger partial charge is 0.395 e. The van der Waals surface area contributed by atoms with E-state index in [9.17, 15) is 14.7 Å². The number of aromatic nitrogens is 4. The third kappa shape index (κ3) is 2.97. The van der Waals surface area contributed by atoms with Gasteiger partial charge in [-0.1, -0.05) is 35.5 Å². The van der Waals surface area contributed by atoms with Gasteiger partial charge in [-0.2, -0.15) is 0 Å². The number of rotatable bonds is 4. The van der Waals surface area contributed by atoms with Crippen molar-refractivity contribution in [3.63, 3.8) is 0 Å². The highest BCUT2D eigenvalue weighted by atomic mass is 35.5. The van der Waals surface area contributed by atoms with E-state index in [4.69, 9.17) is 11.6 Å². The number of fused-ring (bicyclic) bond motifs is 1. The van der Waals surface area contributed by atoms with Crippen LogP contribution in [0.4, 0.5) is 0 Å². The molecule has 0 saturated heterocycles. The minimum Gasteiger partial charge on any atom is -0.395 e. The number of aryl methyl sites for hydroxylation is 1. The van der Waals surface area contributed by atoms with Crippen molar-refractivity contribution in [2.75, 3.05) is 12.9 Å². The van der Waals surface area contributed by atoms with Crippen molar-refractivity contribution in [3.8, 4) is 5.69 Å². The molecule has 2 heterocycles. The molecule has 25 heavy (non-hydrogen) atoms. The second-order valence-corrected chi connectivity index (χ2v) is 6.48. The molecule has 0 aliphatic carbocycles. The normalized spacial score (nSPS) is 11.2. The van der Waals surface area contributed by atoms with Crippen LogP contribution in [0.1, 0.15) is 5.56 Å². The van der Waals surface area contributed by atoms with Crippen LogP contribution in [0.5, 0.6) is 0 Å². The second-order valence-electron chi connectivity index (χ2n) is 5.30. The summed E-state index contributed by atoms with van der Waals surface area (Å²) in [6.07, 6.45) is 3.19. The zero-order valence-corrected chi connectivity index (χ0v) is 15.1. The van der Waals surface area contributed by atoms with Gasteiger partial charge in [-0.25, -0.2) is 19.3 Å². The lowest BCUT2D eigenvalue weighted by Crippen LogP contribution is -2.40. The fourth-order valence-electron chi connectivity index (χ4n) is 2.64. The van der Waals surface area contributed by atoms with Crippen LogP contribution in [-0.4, -0.2) is 37.1 Å². The van der Waals surface area contributed by atoms with E-state index in [2.05, 4.69) is 9.97 Å². The first-order valence-corrected chi connectivity index (χ1v) is 9.02. The number of thioether (sulfide) groups is 1. The molecule has 9 heteroatoms. The zero-order valence-electron chi connectivity index (χ0n) is 13.6. The topological polar surface area (TPSA) is 90.0 Å². The maximum absolute atomic E-state index is 13.0. The fourth-order valence-corrected chi connectivity index (χ4v) is 3.28. The predicted molar refractivity (Wildman–Crippen MR) is 98.0 cm³/mol. The van der Waals surface area contributed by atoms with E-state index in [1.807, 2.05) is 0 Å². The minimum absolute atomic E-state index is 0.00392. The van der Waals surface area contributed by atoms with E-state index in [-0.39, 0.29) is 29.2 Å². The van der Waals surface area contributed by atoms with Crippen molar-refractivity contribution in [2.45, 2.75) is 18.6 Å². The van der Waals surface area contributed by atoms with Crippen LogP contribution in [0.2, 0.25) is 5.02 Å². The number of hydrogen-bond acceptors (Lipinski definition) is 6. The molecule has 0 radical (unpaired) electrons. The Kier molecular flexibility index (Phi) is 4.94. The number of para-hydroxylation sites is 1. The Morgan fingerprint density at radius 3 is 2.72 bits per heavy atom. The van der Waals surface area contributed by atoms with Gasteiger partial charge in [0.15, 0.2) is 10.8 Å². The molecule has 0 fully saturated rings. The summed E-state index contributed by atoms with van der Waals surface area (Å²) in [4.78, 5) is 34.3. The SMILES string of the molecule is CSc1ncc2c(=O)n(-c3c(C)cccc3Cl)c(=O)n(CCO)c2n1. The first-order chi connectivity index (χ1) is 12.0. The van der Waals surface area contributed by atoms with Gasteiger partial charge < -0.3 is 5.11 Å². The van der Waals surface area contributed by atoms with E-state index in [1.165, 1.54) is 22.5 Å². The summed E-state index contributed by atoms with van der Waals surface area (Å²) in [5.74, 6) is 0. The van der Waals surface area contributed by atoms with Gasteiger partial charge in [-0.15, -0.1) is 0 Å². The monoisotopic (exact) mass is 378 g/mol. The van der Waals surface area contributed by atoms with Crippen molar-refractivity contribution in [1.82, 2.24) is 19.1 Å². The van der Waals surface area contributed by atoms with Gasteiger partial charge in [0.25, 0.3) is 5.56 Å². The molecular weight excluding hydrogens is 364 g/mol. The first kappa shape index (κ1) is 17.7. The Hall–Kier alpha value is -2.16. The van der Waals surface area contributed by atoms with Gasteiger partial charge in [0.2, 0.25) is 0 Å². The molecule has 0 bridgehead atoms. The van der Waals surface area contributed by atoms with Crippen LogP contribution in [0, 0.1) is 6.92 Å². The van der Waals surface area contributed by atoms with Gasteiger partial charge in [0, 0.05) is 6.20 Å². The predicted octanol–water partition coefficient (Wildman–Crippen LogP) is 1.62. The molecule has 1 N–H and O–H groups in total. The third-order valence-electron chi connectivity index (χ3n) is 3.78. The number of hydrogen-bond donors (Lipinski definition) is 1. The maximum atomic E-state index is 13.0. The van der Waals surface area contributed by atoms with Crippen LogP contribution < -0.4 is 11.2 Å². The summed E-state index contributed by atoms with van der Waals surface area (Å²) >= 11 is 7.54. The van der Waals surface area contributed by atoms with Crippen LogP contribution in [0.3, 0.4) is 0 Å². The summed E-state index contributed by atoms with van der Waals surface area (Å²) in [6, 6.07) is 5.12. The summed E-state index contributed by atoms with van der Waals surface area (Å²) in [6.45, 7) is 1.50. The Morgan fingerprint density at radius 2 is 2.08 bits per heavy atom.